The van der Waals surface area contributed by atoms with Gasteiger partial charge in [0, 0.05) is 30.4 Å². The number of hydrogen-bond acceptors (Lipinski definition) is 5. The van der Waals surface area contributed by atoms with Gasteiger partial charge in [0.15, 0.2) is 0 Å². The van der Waals surface area contributed by atoms with Crippen LogP contribution in [-0.2, 0) is 4.79 Å². The number of para-hydroxylation sites is 1. The molecule has 0 aliphatic heterocycles. The van der Waals surface area contributed by atoms with Gasteiger partial charge in [0.1, 0.15) is 10.8 Å². The summed E-state index contributed by atoms with van der Waals surface area (Å²) in [4.78, 5) is 17.9. The van der Waals surface area contributed by atoms with Crippen molar-refractivity contribution in [1.29, 1.82) is 0 Å². The summed E-state index contributed by atoms with van der Waals surface area (Å²) in [6, 6.07) is 14.1. The molecule has 0 aliphatic rings. The quantitative estimate of drug-likeness (QED) is 0.536. The van der Waals surface area contributed by atoms with Crippen molar-refractivity contribution >= 4 is 45.4 Å². The number of carbonyl (C=O) groups is 1. The number of thiazole rings is 1. The van der Waals surface area contributed by atoms with E-state index in [9.17, 15) is 4.79 Å². The molecule has 0 unspecified atom stereocenters. The normalized spacial score (nSPS) is 11.6. The van der Waals surface area contributed by atoms with E-state index in [1.807, 2.05) is 43.3 Å². The molecule has 1 aromatic heterocycles. The van der Waals surface area contributed by atoms with E-state index in [1.54, 1.807) is 11.3 Å². The highest BCUT2D eigenvalue weighted by atomic mass is 32.1. The molecule has 0 N–H and O–H groups in total. The maximum atomic E-state index is 11.0. The number of fused-ring (bicyclic) bond motifs is 1. The molecule has 3 aromatic rings. The second-order valence-electron chi connectivity index (χ2n) is 5.92. The fourth-order valence-electron chi connectivity index (χ4n) is 2.92. The number of ether oxygens (including phenoxy) is 1. The molecule has 2 aromatic carbocycles. The molecule has 0 bridgehead atoms. The summed E-state index contributed by atoms with van der Waals surface area (Å²) in [5.74, 6) is 0.560. The summed E-state index contributed by atoms with van der Waals surface area (Å²) >= 11 is 1.66. The van der Waals surface area contributed by atoms with E-state index in [2.05, 4.69) is 35.9 Å². The third-order valence-corrected chi connectivity index (χ3v) is 5.48. The number of hydrogen-bond donors (Lipinski definition) is 0. The average Bonchev–Trinajstić information content (AvgIpc) is 3.09. The first-order valence-electron chi connectivity index (χ1n) is 8.69. The molecule has 0 spiro atoms. The van der Waals surface area contributed by atoms with Gasteiger partial charge in [-0.1, -0.05) is 12.1 Å². The highest BCUT2D eigenvalue weighted by Crippen LogP contribution is 2.32. The molecule has 0 amide bonds. The number of rotatable bonds is 7. The SMILES string of the molecule is CCN(CC)c1ccc(/C=C(\C)c2nc3ccccc3s2)c(OC=O)c1. The predicted octanol–water partition coefficient (Wildman–Crippen LogP) is 5.24. The third-order valence-electron chi connectivity index (χ3n) is 4.30. The zero-order valence-corrected chi connectivity index (χ0v) is 16.0. The lowest BCUT2D eigenvalue weighted by atomic mass is 10.1. The van der Waals surface area contributed by atoms with Gasteiger partial charge in [0.05, 0.1) is 10.2 Å². The zero-order chi connectivity index (χ0) is 18.5. The maximum absolute atomic E-state index is 11.0. The second kappa shape index (κ2) is 8.15. The lowest BCUT2D eigenvalue weighted by Crippen LogP contribution is -2.21. The summed E-state index contributed by atoms with van der Waals surface area (Å²) in [7, 11) is 0. The Balaban J connectivity index is 1.98. The second-order valence-corrected chi connectivity index (χ2v) is 6.95. The summed E-state index contributed by atoms with van der Waals surface area (Å²) in [6.07, 6.45) is 2.02. The van der Waals surface area contributed by atoms with Gasteiger partial charge in [-0.15, -0.1) is 11.3 Å². The Morgan fingerprint density at radius 2 is 1.96 bits per heavy atom. The van der Waals surface area contributed by atoms with E-state index in [0.717, 1.165) is 45.1 Å². The largest absolute Gasteiger partial charge is 0.428 e. The van der Waals surface area contributed by atoms with Crippen LogP contribution in [0, 0.1) is 0 Å². The molecular weight excluding hydrogens is 344 g/mol. The van der Waals surface area contributed by atoms with Crippen LogP contribution in [0.4, 0.5) is 5.69 Å². The molecule has 0 saturated carbocycles. The number of aromatic nitrogens is 1. The number of benzene rings is 2. The first-order valence-corrected chi connectivity index (χ1v) is 9.51. The number of allylic oxidation sites excluding steroid dienone is 1. The summed E-state index contributed by atoms with van der Waals surface area (Å²) < 4.78 is 6.41. The highest BCUT2D eigenvalue weighted by Gasteiger charge is 2.10. The third kappa shape index (κ3) is 3.78. The van der Waals surface area contributed by atoms with Crippen molar-refractivity contribution in [3.63, 3.8) is 0 Å². The summed E-state index contributed by atoms with van der Waals surface area (Å²) in [6.45, 7) is 8.52. The van der Waals surface area contributed by atoms with Gasteiger partial charge >= 0.3 is 0 Å². The van der Waals surface area contributed by atoms with Crippen LogP contribution in [-0.4, -0.2) is 24.5 Å². The fraction of sp³-hybridized carbons (Fsp3) is 0.238. The van der Waals surface area contributed by atoms with Gasteiger partial charge in [-0.3, -0.25) is 4.79 Å². The number of nitrogens with zero attached hydrogens (tertiary/aromatic N) is 2. The maximum Gasteiger partial charge on any atom is 0.298 e. The summed E-state index contributed by atoms with van der Waals surface area (Å²) in [5.41, 5.74) is 3.95. The van der Waals surface area contributed by atoms with E-state index in [-0.39, 0.29) is 0 Å². The molecule has 134 valence electrons. The molecule has 5 heteroatoms. The topological polar surface area (TPSA) is 42.4 Å². The van der Waals surface area contributed by atoms with Gasteiger partial charge in [0.2, 0.25) is 0 Å². The van der Waals surface area contributed by atoms with E-state index >= 15 is 0 Å². The zero-order valence-electron chi connectivity index (χ0n) is 15.2. The van der Waals surface area contributed by atoms with Crippen LogP contribution < -0.4 is 9.64 Å². The minimum atomic E-state index is 0.478. The molecule has 0 aliphatic carbocycles. The Labute approximate surface area is 157 Å². The molecular formula is C21H22N2O2S. The Kier molecular flexibility index (Phi) is 5.68. The van der Waals surface area contributed by atoms with E-state index in [0.29, 0.717) is 12.2 Å². The van der Waals surface area contributed by atoms with Gasteiger partial charge < -0.3 is 9.64 Å². The van der Waals surface area contributed by atoms with Crippen molar-refractivity contribution in [2.75, 3.05) is 18.0 Å². The van der Waals surface area contributed by atoms with Crippen LogP contribution in [0.5, 0.6) is 5.75 Å². The van der Waals surface area contributed by atoms with Crippen molar-refractivity contribution in [3.05, 3.63) is 53.0 Å². The lowest BCUT2D eigenvalue weighted by Gasteiger charge is -2.21. The molecule has 0 fully saturated rings. The van der Waals surface area contributed by atoms with Crippen molar-refractivity contribution < 1.29 is 9.53 Å². The van der Waals surface area contributed by atoms with Crippen molar-refractivity contribution in [3.8, 4) is 5.75 Å². The van der Waals surface area contributed by atoms with Crippen LogP contribution in [0.2, 0.25) is 0 Å². The van der Waals surface area contributed by atoms with Gasteiger partial charge in [-0.2, -0.15) is 0 Å². The monoisotopic (exact) mass is 366 g/mol. The van der Waals surface area contributed by atoms with Crippen LogP contribution in [0.3, 0.4) is 0 Å². The lowest BCUT2D eigenvalue weighted by molar-refractivity contribution is -0.120. The first kappa shape index (κ1) is 18.1. The van der Waals surface area contributed by atoms with Crippen LogP contribution in [0.15, 0.2) is 42.5 Å². The fourth-order valence-corrected chi connectivity index (χ4v) is 3.85. The average molecular weight is 366 g/mol. The first-order chi connectivity index (χ1) is 12.7. The van der Waals surface area contributed by atoms with Crippen LogP contribution >= 0.6 is 11.3 Å². The number of anilines is 1. The van der Waals surface area contributed by atoms with Gasteiger partial charge in [-0.25, -0.2) is 4.98 Å². The van der Waals surface area contributed by atoms with E-state index in [1.165, 1.54) is 0 Å². The number of carbonyl (C=O) groups excluding carboxylic acids is 1. The molecule has 26 heavy (non-hydrogen) atoms. The minimum Gasteiger partial charge on any atom is -0.428 e. The molecule has 0 atom stereocenters. The van der Waals surface area contributed by atoms with Crippen LogP contribution in [0.1, 0.15) is 31.3 Å². The van der Waals surface area contributed by atoms with E-state index < -0.39 is 0 Å². The molecule has 0 saturated heterocycles. The minimum absolute atomic E-state index is 0.478. The molecule has 0 radical (unpaired) electrons. The van der Waals surface area contributed by atoms with E-state index in [4.69, 9.17) is 4.74 Å². The predicted molar refractivity (Wildman–Crippen MR) is 110 cm³/mol. The smallest absolute Gasteiger partial charge is 0.298 e. The highest BCUT2D eigenvalue weighted by molar-refractivity contribution is 7.19. The Morgan fingerprint density at radius 1 is 1.19 bits per heavy atom. The molecule has 4 nitrogen and oxygen atoms in total. The Hall–Kier alpha value is -2.66. The molecule has 1 heterocycles. The molecule has 3 rings (SSSR count). The summed E-state index contributed by atoms with van der Waals surface area (Å²) in [5, 5.41) is 0.969. The van der Waals surface area contributed by atoms with Crippen LogP contribution in [0.25, 0.3) is 21.9 Å². The van der Waals surface area contributed by atoms with Crippen molar-refractivity contribution in [1.82, 2.24) is 4.98 Å². The Bertz CT molecular complexity index is 909. The Morgan fingerprint density at radius 3 is 2.65 bits per heavy atom. The van der Waals surface area contributed by atoms with Gasteiger partial charge in [0.25, 0.3) is 6.47 Å². The standard InChI is InChI=1S/C21H22N2O2S/c1-4-23(5-2)17-11-10-16(19(13-17)25-14-24)12-15(3)21-22-18-8-6-7-9-20(18)26-21/h6-14H,4-5H2,1-3H3/b15-12+. The van der Waals surface area contributed by atoms with Gasteiger partial charge in [-0.05, 0) is 56.7 Å². The van der Waals surface area contributed by atoms with Crippen molar-refractivity contribution in [2.45, 2.75) is 20.8 Å². The van der Waals surface area contributed by atoms with Crippen molar-refractivity contribution in [2.24, 2.45) is 0 Å².